The van der Waals surface area contributed by atoms with E-state index in [9.17, 15) is 12.8 Å². The number of hydrogen-bond donors (Lipinski definition) is 1. The minimum Gasteiger partial charge on any atom is -0.455 e. The molecule has 0 saturated carbocycles. The van der Waals surface area contributed by atoms with Crippen molar-refractivity contribution in [1.82, 2.24) is 10.3 Å². The van der Waals surface area contributed by atoms with Gasteiger partial charge in [-0.2, -0.15) is 5.10 Å². The molecule has 0 radical (unpaired) electrons. The van der Waals surface area contributed by atoms with Gasteiger partial charge in [-0.1, -0.05) is 0 Å². The number of nitrogens with one attached hydrogen (secondary N) is 1. The van der Waals surface area contributed by atoms with Gasteiger partial charge in [-0.25, -0.2) is 17.8 Å². The van der Waals surface area contributed by atoms with Crippen LogP contribution in [-0.2, 0) is 9.84 Å². The van der Waals surface area contributed by atoms with Crippen molar-refractivity contribution in [2.24, 2.45) is 5.10 Å². The first kappa shape index (κ1) is 16.2. The second-order valence-electron chi connectivity index (χ2n) is 6.00. The van der Waals surface area contributed by atoms with Crippen molar-refractivity contribution in [2.75, 3.05) is 11.5 Å². The summed E-state index contributed by atoms with van der Waals surface area (Å²) in [6, 6.07) is 8.96. The first-order valence-electron chi connectivity index (χ1n) is 7.61. The molecule has 2 fully saturated rings. The number of benzene rings is 1. The molecule has 2 aliphatic heterocycles. The second-order valence-corrected chi connectivity index (χ2v) is 8.54. The van der Waals surface area contributed by atoms with E-state index in [0.29, 0.717) is 16.6 Å². The summed E-state index contributed by atoms with van der Waals surface area (Å²) in [6.07, 6.45) is 1.49. The highest BCUT2D eigenvalue weighted by atomic mass is 32.2. The largest absolute Gasteiger partial charge is 0.455 e. The number of sulfone groups is 1. The number of fused-ring (bicyclic) bond motifs is 1. The van der Waals surface area contributed by atoms with Crippen LogP contribution in [0, 0.1) is 5.82 Å². The molecular formula is C16H14FN3O3S2. The molecule has 0 bridgehead atoms. The molecule has 130 valence electrons. The molecule has 0 spiro atoms. The van der Waals surface area contributed by atoms with Gasteiger partial charge in [-0.05, 0) is 48.6 Å². The van der Waals surface area contributed by atoms with E-state index in [0.717, 1.165) is 5.56 Å². The Morgan fingerprint density at radius 2 is 2.00 bits per heavy atom. The lowest BCUT2D eigenvalue weighted by Crippen LogP contribution is -2.32. The molecule has 2 aliphatic rings. The smallest absolute Gasteiger partial charge is 0.190 e. The van der Waals surface area contributed by atoms with Crippen LogP contribution in [0.5, 0.6) is 0 Å². The van der Waals surface area contributed by atoms with Gasteiger partial charge in [0.2, 0.25) is 0 Å². The Kier molecular flexibility index (Phi) is 3.84. The fourth-order valence-corrected chi connectivity index (χ4v) is 5.25. The Bertz CT molecular complexity index is 953. The molecule has 0 aliphatic carbocycles. The van der Waals surface area contributed by atoms with Crippen LogP contribution in [0.1, 0.15) is 5.76 Å². The predicted molar refractivity (Wildman–Crippen MR) is 95.5 cm³/mol. The fraction of sp³-hybridized carbons (Fsp3) is 0.250. The average Bonchev–Trinajstić information content (AvgIpc) is 3.19. The maximum Gasteiger partial charge on any atom is 0.190 e. The highest BCUT2D eigenvalue weighted by Gasteiger charge is 2.47. The van der Waals surface area contributed by atoms with E-state index in [2.05, 4.69) is 10.4 Å². The lowest BCUT2D eigenvalue weighted by atomic mass is 10.2. The van der Waals surface area contributed by atoms with Gasteiger partial charge in [-0.15, -0.1) is 0 Å². The summed E-state index contributed by atoms with van der Waals surface area (Å²) >= 11 is 5.22. The van der Waals surface area contributed by atoms with Crippen LogP contribution in [0.2, 0.25) is 0 Å². The van der Waals surface area contributed by atoms with Crippen LogP contribution in [0.15, 0.2) is 45.9 Å². The molecule has 3 heterocycles. The predicted octanol–water partition coefficient (Wildman–Crippen LogP) is 1.78. The number of hydrogen-bond acceptors (Lipinski definition) is 5. The summed E-state index contributed by atoms with van der Waals surface area (Å²) in [4.78, 5) is 0. The standard InChI is InChI=1S/C16H14FN3O3S2/c17-11-3-1-10(2-4-11)15-6-5-12(23-15)7-18-20-14-9-25(21,22)8-13(14)19-16(20)24/h1-7,13-14H,8-9H2,(H,19,24)/b18-7-/t13-,14+/m0/s1. The van der Waals surface area contributed by atoms with E-state index in [4.69, 9.17) is 16.6 Å². The topological polar surface area (TPSA) is 74.9 Å². The lowest BCUT2D eigenvalue weighted by Gasteiger charge is -2.16. The zero-order valence-corrected chi connectivity index (χ0v) is 14.6. The number of rotatable bonds is 3. The van der Waals surface area contributed by atoms with Crippen LogP contribution >= 0.6 is 12.2 Å². The molecule has 1 N–H and O–H groups in total. The van der Waals surface area contributed by atoms with Crippen molar-refractivity contribution in [3.63, 3.8) is 0 Å². The molecule has 4 rings (SSSR count). The van der Waals surface area contributed by atoms with Crippen molar-refractivity contribution in [1.29, 1.82) is 0 Å². The Hall–Kier alpha value is -2.26. The zero-order chi connectivity index (χ0) is 17.6. The Morgan fingerprint density at radius 3 is 2.76 bits per heavy atom. The molecule has 1 aromatic heterocycles. The molecule has 25 heavy (non-hydrogen) atoms. The summed E-state index contributed by atoms with van der Waals surface area (Å²) in [5.74, 6) is 0.866. The van der Waals surface area contributed by atoms with E-state index in [1.807, 2.05) is 0 Å². The third-order valence-corrected chi connectivity index (χ3v) is 6.24. The fourth-order valence-electron chi connectivity index (χ4n) is 3.03. The quantitative estimate of drug-likeness (QED) is 0.647. The maximum atomic E-state index is 13.0. The first-order chi connectivity index (χ1) is 11.9. The van der Waals surface area contributed by atoms with Crippen LogP contribution in [-0.4, -0.2) is 48.3 Å². The second kappa shape index (κ2) is 5.92. The summed E-state index contributed by atoms with van der Waals surface area (Å²) in [6.45, 7) is 0. The van der Waals surface area contributed by atoms with E-state index < -0.39 is 9.84 Å². The SMILES string of the molecule is O=S1(=O)C[C@@H]2NC(=S)N(/N=C\c3ccc(-c4ccc(F)cc4)o3)[C@@H]2C1. The van der Waals surface area contributed by atoms with Gasteiger partial charge >= 0.3 is 0 Å². The normalized spacial score (nSPS) is 24.7. The summed E-state index contributed by atoms with van der Waals surface area (Å²) in [5.41, 5.74) is 0.751. The number of halogens is 1. The molecular weight excluding hydrogens is 365 g/mol. The van der Waals surface area contributed by atoms with Gasteiger partial charge in [0.05, 0.1) is 29.8 Å². The third kappa shape index (κ3) is 3.16. The molecule has 6 nitrogen and oxygen atoms in total. The molecule has 1 aromatic carbocycles. The number of hydrazone groups is 1. The summed E-state index contributed by atoms with van der Waals surface area (Å²) in [5, 5.41) is 9.21. The number of furan rings is 1. The van der Waals surface area contributed by atoms with E-state index >= 15 is 0 Å². The molecule has 2 atom stereocenters. The molecule has 2 saturated heterocycles. The average molecular weight is 379 g/mol. The number of thiocarbonyl (C=S) groups is 1. The van der Waals surface area contributed by atoms with Gasteiger partial charge in [0.15, 0.2) is 14.9 Å². The highest BCUT2D eigenvalue weighted by molar-refractivity contribution is 7.91. The van der Waals surface area contributed by atoms with E-state index in [1.165, 1.54) is 23.4 Å². The van der Waals surface area contributed by atoms with Crippen molar-refractivity contribution < 1.29 is 17.2 Å². The van der Waals surface area contributed by atoms with Gasteiger partial charge in [0.1, 0.15) is 17.3 Å². The zero-order valence-electron chi connectivity index (χ0n) is 12.9. The monoisotopic (exact) mass is 379 g/mol. The van der Waals surface area contributed by atoms with Gasteiger partial charge in [-0.3, -0.25) is 0 Å². The lowest BCUT2D eigenvalue weighted by molar-refractivity contribution is 0.373. The van der Waals surface area contributed by atoms with E-state index in [-0.39, 0.29) is 29.4 Å². The van der Waals surface area contributed by atoms with Gasteiger partial charge in [0, 0.05) is 5.56 Å². The minimum absolute atomic E-state index is 0.0289. The van der Waals surface area contributed by atoms with Crippen molar-refractivity contribution in [3.05, 3.63) is 48.0 Å². The Morgan fingerprint density at radius 1 is 1.24 bits per heavy atom. The molecule has 0 amide bonds. The van der Waals surface area contributed by atoms with Crippen LogP contribution < -0.4 is 5.32 Å². The highest BCUT2D eigenvalue weighted by Crippen LogP contribution is 2.25. The van der Waals surface area contributed by atoms with Crippen molar-refractivity contribution >= 4 is 33.4 Å². The summed E-state index contributed by atoms with van der Waals surface area (Å²) in [7, 11) is -3.07. The van der Waals surface area contributed by atoms with Gasteiger partial charge < -0.3 is 9.73 Å². The van der Waals surface area contributed by atoms with Gasteiger partial charge in [0.25, 0.3) is 0 Å². The Labute approximate surface area is 149 Å². The maximum absolute atomic E-state index is 13.0. The van der Waals surface area contributed by atoms with Crippen molar-refractivity contribution in [3.8, 4) is 11.3 Å². The van der Waals surface area contributed by atoms with Crippen molar-refractivity contribution in [2.45, 2.75) is 12.1 Å². The Balaban J connectivity index is 1.52. The van der Waals surface area contributed by atoms with Crippen LogP contribution in [0.25, 0.3) is 11.3 Å². The molecule has 9 heteroatoms. The van der Waals surface area contributed by atoms with Crippen LogP contribution in [0.3, 0.4) is 0 Å². The minimum atomic E-state index is -3.07. The first-order valence-corrected chi connectivity index (χ1v) is 9.84. The number of nitrogens with zero attached hydrogens (tertiary/aromatic N) is 2. The van der Waals surface area contributed by atoms with Crippen LogP contribution in [0.4, 0.5) is 4.39 Å². The summed E-state index contributed by atoms with van der Waals surface area (Å²) < 4.78 is 42.2. The van der Waals surface area contributed by atoms with E-state index in [1.54, 1.807) is 24.3 Å². The third-order valence-electron chi connectivity index (χ3n) is 4.22. The molecule has 2 aromatic rings. The molecule has 0 unspecified atom stereocenters.